The van der Waals surface area contributed by atoms with E-state index in [1.165, 1.54) is 18.9 Å². The Bertz CT molecular complexity index is 515. The molecule has 0 unspecified atom stereocenters. The van der Waals surface area contributed by atoms with Gasteiger partial charge in [-0.2, -0.15) is 0 Å². The minimum atomic E-state index is -0.153. The molecule has 0 aliphatic heterocycles. The highest BCUT2D eigenvalue weighted by molar-refractivity contribution is 14.0. The lowest BCUT2D eigenvalue weighted by Crippen LogP contribution is -2.38. The van der Waals surface area contributed by atoms with Gasteiger partial charge in [0, 0.05) is 25.2 Å². The van der Waals surface area contributed by atoms with Crippen LogP contribution in [0.5, 0.6) is 0 Å². The van der Waals surface area contributed by atoms with Gasteiger partial charge in [0.05, 0.1) is 6.54 Å². The van der Waals surface area contributed by atoms with Gasteiger partial charge in [0.15, 0.2) is 5.96 Å². The Hall–Kier alpha value is -0.890. The number of hydrogen-bond acceptors (Lipinski definition) is 2. The molecule has 0 amide bonds. The summed E-state index contributed by atoms with van der Waals surface area (Å²) >= 11 is 0. The first-order valence-corrected chi connectivity index (χ1v) is 8.02. The second-order valence-corrected chi connectivity index (χ2v) is 6.18. The number of halogens is 2. The van der Waals surface area contributed by atoms with Crippen LogP contribution in [0.25, 0.3) is 0 Å². The van der Waals surface area contributed by atoms with Crippen molar-refractivity contribution < 1.29 is 4.39 Å². The maximum Gasteiger partial charge on any atom is 0.191 e. The van der Waals surface area contributed by atoms with Gasteiger partial charge >= 0.3 is 0 Å². The Morgan fingerprint density at radius 1 is 1.30 bits per heavy atom. The molecule has 0 spiro atoms. The Morgan fingerprint density at radius 3 is 2.65 bits per heavy atom. The minimum Gasteiger partial charge on any atom is -0.357 e. The van der Waals surface area contributed by atoms with Gasteiger partial charge in [0.1, 0.15) is 5.82 Å². The van der Waals surface area contributed by atoms with Crippen LogP contribution in [0.15, 0.2) is 23.2 Å². The molecule has 1 saturated carbocycles. The Morgan fingerprint density at radius 2 is 2.04 bits per heavy atom. The standard InChI is InChI=1S/C17H27FN4.HI/c1-4-19-17(20-10-13-5-6-13)21-11-14-7-8-16(18)15(9-14)12-22(2)3;/h7-9,13H,4-6,10-12H2,1-3H3,(H2,19,20,21);1H. The number of nitrogens with one attached hydrogen (secondary N) is 2. The topological polar surface area (TPSA) is 39.7 Å². The highest BCUT2D eigenvalue weighted by atomic mass is 127. The second-order valence-electron chi connectivity index (χ2n) is 6.18. The fraction of sp³-hybridized carbons (Fsp3) is 0.588. The molecule has 0 aromatic heterocycles. The zero-order chi connectivity index (χ0) is 15.9. The summed E-state index contributed by atoms with van der Waals surface area (Å²) in [5.74, 6) is 1.49. The quantitative estimate of drug-likeness (QED) is 0.394. The predicted molar refractivity (Wildman–Crippen MR) is 105 cm³/mol. The van der Waals surface area contributed by atoms with Crippen LogP contribution in [0.1, 0.15) is 30.9 Å². The van der Waals surface area contributed by atoms with Gasteiger partial charge in [0.25, 0.3) is 0 Å². The van der Waals surface area contributed by atoms with Crippen molar-refractivity contribution in [2.24, 2.45) is 10.9 Å². The highest BCUT2D eigenvalue weighted by Gasteiger charge is 2.21. The van der Waals surface area contributed by atoms with Crippen molar-refractivity contribution in [3.8, 4) is 0 Å². The Labute approximate surface area is 156 Å². The molecule has 0 atom stereocenters. The van der Waals surface area contributed by atoms with Crippen LogP contribution in [-0.2, 0) is 13.1 Å². The van der Waals surface area contributed by atoms with Crippen LogP contribution in [-0.4, -0.2) is 38.0 Å². The summed E-state index contributed by atoms with van der Waals surface area (Å²) in [4.78, 5) is 6.56. The third-order valence-electron chi connectivity index (χ3n) is 3.62. The van der Waals surface area contributed by atoms with E-state index in [4.69, 9.17) is 0 Å². The molecule has 1 aromatic rings. The predicted octanol–water partition coefficient (Wildman–Crippen LogP) is 2.97. The lowest BCUT2D eigenvalue weighted by Gasteiger charge is -2.13. The van der Waals surface area contributed by atoms with E-state index in [1.54, 1.807) is 0 Å². The SMILES string of the molecule is CCNC(=NCc1ccc(F)c(CN(C)C)c1)NCC1CC1.I. The molecule has 130 valence electrons. The smallest absolute Gasteiger partial charge is 0.191 e. The number of rotatable bonds is 7. The number of aliphatic imine (C=N–C) groups is 1. The van der Waals surface area contributed by atoms with Gasteiger partial charge in [0.2, 0.25) is 0 Å². The first-order chi connectivity index (χ1) is 10.6. The monoisotopic (exact) mass is 434 g/mol. The summed E-state index contributed by atoms with van der Waals surface area (Å²) in [7, 11) is 3.88. The molecule has 4 nitrogen and oxygen atoms in total. The summed E-state index contributed by atoms with van der Waals surface area (Å²) in [6.45, 7) is 5.04. The van der Waals surface area contributed by atoms with Crippen molar-refractivity contribution >= 4 is 29.9 Å². The fourth-order valence-corrected chi connectivity index (χ4v) is 2.26. The summed E-state index contributed by atoms with van der Waals surface area (Å²) in [5.41, 5.74) is 1.75. The van der Waals surface area contributed by atoms with Gasteiger partial charge in [-0.1, -0.05) is 6.07 Å². The van der Waals surface area contributed by atoms with Gasteiger partial charge < -0.3 is 15.5 Å². The third-order valence-corrected chi connectivity index (χ3v) is 3.62. The van der Waals surface area contributed by atoms with Crippen molar-refractivity contribution in [1.29, 1.82) is 0 Å². The molecular formula is C17H28FIN4. The van der Waals surface area contributed by atoms with Gasteiger partial charge in [-0.05, 0) is 57.5 Å². The molecule has 23 heavy (non-hydrogen) atoms. The summed E-state index contributed by atoms with van der Waals surface area (Å²) in [6, 6.07) is 5.25. The lowest BCUT2D eigenvalue weighted by atomic mass is 10.1. The van der Waals surface area contributed by atoms with Crippen LogP contribution >= 0.6 is 24.0 Å². The molecular weight excluding hydrogens is 406 g/mol. The normalized spacial score (nSPS) is 14.6. The van der Waals surface area contributed by atoms with Gasteiger partial charge in [-0.3, -0.25) is 0 Å². The fourth-order valence-electron chi connectivity index (χ4n) is 2.26. The maximum atomic E-state index is 13.8. The molecule has 6 heteroatoms. The summed E-state index contributed by atoms with van der Waals surface area (Å²) in [6.07, 6.45) is 2.64. The summed E-state index contributed by atoms with van der Waals surface area (Å²) in [5, 5.41) is 6.62. The highest BCUT2D eigenvalue weighted by Crippen LogP contribution is 2.27. The van der Waals surface area contributed by atoms with Crippen molar-refractivity contribution in [3.05, 3.63) is 35.1 Å². The Kier molecular flexibility index (Phi) is 8.83. The van der Waals surface area contributed by atoms with E-state index < -0.39 is 0 Å². The van der Waals surface area contributed by atoms with Gasteiger partial charge in [-0.25, -0.2) is 9.38 Å². The molecule has 0 radical (unpaired) electrons. The summed E-state index contributed by atoms with van der Waals surface area (Å²) < 4.78 is 13.8. The van der Waals surface area contributed by atoms with Gasteiger partial charge in [-0.15, -0.1) is 24.0 Å². The van der Waals surface area contributed by atoms with Crippen LogP contribution in [0.3, 0.4) is 0 Å². The van der Waals surface area contributed by atoms with E-state index in [9.17, 15) is 4.39 Å². The first kappa shape index (κ1) is 20.2. The molecule has 2 rings (SSSR count). The van der Waals surface area contributed by atoms with Crippen molar-refractivity contribution in [3.63, 3.8) is 0 Å². The number of benzene rings is 1. The minimum absolute atomic E-state index is 0. The van der Waals surface area contributed by atoms with Crippen molar-refractivity contribution in [2.45, 2.75) is 32.9 Å². The molecule has 2 N–H and O–H groups in total. The largest absolute Gasteiger partial charge is 0.357 e. The zero-order valence-electron chi connectivity index (χ0n) is 14.2. The molecule has 1 aliphatic carbocycles. The molecule has 0 saturated heterocycles. The van der Waals surface area contributed by atoms with Crippen LogP contribution in [0.2, 0.25) is 0 Å². The molecule has 1 aliphatic rings. The molecule has 0 heterocycles. The number of nitrogens with zero attached hydrogens (tertiary/aromatic N) is 2. The molecule has 0 bridgehead atoms. The van der Waals surface area contributed by atoms with Crippen molar-refractivity contribution in [1.82, 2.24) is 15.5 Å². The Balaban J connectivity index is 0.00000264. The van der Waals surface area contributed by atoms with Crippen LogP contribution in [0.4, 0.5) is 4.39 Å². The van der Waals surface area contributed by atoms with E-state index in [0.717, 1.165) is 30.5 Å². The number of guanidine groups is 1. The van der Waals surface area contributed by atoms with E-state index in [0.29, 0.717) is 18.7 Å². The average molecular weight is 434 g/mol. The van der Waals surface area contributed by atoms with E-state index in [-0.39, 0.29) is 29.8 Å². The average Bonchev–Trinajstić information content (AvgIpc) is 3.29. The van der Waals surface area contributed by atoms with Crippen LogP contribution in [0, 0.1) is 11.7 Å². The van der Waals surface area contributed by atoms with E-state index in [2.05, 4.69) is 22.5 Å². The van der Waals surface area contributed by atoms with E-state index >= 15 is 0 Å². The van der Waals surface area contributed by atoms with E-state index in [1.807, 2.05) is 31.1 Å². The second kappa shape index (κ2) is 10.1. The zero-order valence-corrected chi connectivity index (χ0v) is 16.6. The third kappa shape index (κ3) is 7.48. The molecule has 1 aromatic carbocycles. The van der Waals surface area contributed by atoms with Crippen molar-refractivity contribution in [2.75, 3.05) is 27.2 Å². The lowest BCUT2D eigenvalue weighted by molar-refractivity contribution is 0.392. The first-order valence-electron chi connectivity index (χ1n) is 8.02. The molecule has 1 fully saturated rings. The van der Waals surface area contributed by atoms with Crippen LogP contribution < -0.4 is 10.6 Å². The number of hydrogen-bond donors (Lipinski definition) is 2. The maximum absolute atomic E-state index is 13.8.